The summed E-state index contributed by atoms with van der Waals surface area (Å²) in [6.45, 7) is 7.35. The highest BCUT2D eigenvalue weighted by Gasteiger charge is 2.23. The highest BCUT2D eigenvalue weighted by molar-refractivity contribution is 9.10. The zero-order valence-corrected chi connectivity index (χ0v) is 16.0. The summed E-state index contributed by atoms with van der Waals surface area (Å²) in [6.07, 6.45) is 0.183. The van der Waals surface area contributed by atoms with Crippen LogP contribution in [0.4, 0.5) is 0 Å². The SMILES string of the molecule is COc1cc(-c2noc([C@H](C)CC(=O)OC(C)(C)C)n2)ccc1Br. The minimum atomic E-state index is -0.509. The number of hydrogen-bond acceptors (Lipinski definition) is 6. The maximum absolute atomic E-state index is 11.9. The molecule has 0 amide bonds. The maximum Gasteiger partial charge on any atom is 0.307 e. The molecule has 0 aliphatic carbocycles. The number of halogens is 1. The van der Waals surface area contributed by atoms with Gasteiger partial charge < -0.3 is 14.0 Å². The lowest BCUT2D eigenvalue weighted by Crippen LogP contribution is -2.24. The maximum atomic E-state index is 11.9. The van der Waals surface area contributed by atoms with Crippen molar-refractivity contribution in [1.29, 1.82) is 0 Å². The highest BCUT2D eigenvalue weighted by Crippen LogP contribution is 2.30. The van der Waals surface area contributed by atoms with E-state index in [-0.39, 0.29) is 18.3 Å². The monoisotopic (exact) mass is 396 g/mol. The van der Waals surface area contributed by atoms with Crippen molar-refractivity contribution in [2.75, 3.05) is 7.11 Å². The number of nitrogens with zero attached hydrogens (tertiary/aromatic N) is 2. The third-order valence-corrected chi connectivity index (χ3v) is 3.82. The van der Waals surface area contributed by atoms with Gasteiger partial charge in [-0.1, -0.05) is 12.1 Å². The van der Waals surface area contributed by atoms with E-state index in [0.717, 1.165) is 10.0 Å². The van der Waals surface area contributed by atoms with Crippen LogP contribution in [0.5, 0.6) is 5.75 Å². The second-order valence-corrected chi connectivity index (χ2v) is 7.35. The number of methoxy groups -OCH3 is 1. The van der Waals surface area contributed by atoms with Crippen LogP contribution in [0.15, 0.2) is 27.2 Å². The Kier molecular flexibility index (Phi) is 5.64. The Balaban J connectivity index is 2.11. The second kappa shape index (κ2) is 7.34. The van der Waals surface area contributed by atoms with Crippen LogP contribution in [0.2, 0.25) is 0 Å². The average molecular weight is 397 g/mol. The summed E-state index contributed by atoms with van der Waals surface area (Å²) in [5.41, 5.74) is 0.264. The fourth-order valence-corrected chi connectivity index (χ4v) is 2.48. The van der Waals surface area contributed by atoms with E-state index in [9.17, 15) is 4.79 Å². The van der Waals surface area contributed by atoms with Crippen LogP contribution >= 0.6 is 15.9 Å². The van der Waals surface area contributed by atoms with Crippen LogP contribution in [-0.2, 0) is 9.53 Å². The van der Waals surface area contributed by atoms with Crippen molar-refractivity contribution in [2.24, 2.45) is 0 Å². The second-order valence-electron chi connectivity index (χ2n) is 6.50. The van der Waals surface area contributed by atoms with Gasteiger partial charge in [0, 0.05) is 11.5 Å². The molecule has 0 bridgehead atoms. The topological polar surface area (TPSA) is 74.5 Å². The molecule has 1 heterocycles. The molecule has 0 fully saturated rings. The Hall–Kier alpha value is -1.89. The molecule has 2 rings (SSSR count). The highest BCUT2D eigenvalue weighted by atomic mass is 79.9. The van der Waals surface area contributed by atoms with Gasteiger partial charge in [-0.05, 0) is 54.9 Å². The average Bonchev–Trinajstić information content (AvgIpc) is 2.95. The van der Waals surface area contributed by atoms with E-state index in [0.29, 0.717) is 17.5 Å². The number of rotatable bonds is 5. The smallest absolute Gasteiger partial charge is 0.307 e. The summed E-state index contributed by atoms with van der Waals surface area (Å²) in [5, 5.41) is 3.99. The first-order valence-electron chi connectivity index (χ1n) is 7.59. The Morgan fingerprint density at radius 3 is 2.71 bits per heavy atom. The van der Waals surface area contributed by atoms with Gasteiger partial charge in [-0.25, -0.2) is 0 Å². The quantitative estimate of drug-likeness (QED) is 0.699. The first-order chi connectivity index (χ1) is 11.2. The third kappa shape index (κ3) is 4.80. The van der Waals surface area contributed by atoms with Gasteiger partial charge in [0.2, 0.25) is 11.7 Å². The van der Waals surface area contributed by atoms with E-state index < -0.39 is 5.60 Å². The largest absolute Gasteiger partial charge is 0.496 e. The molecule has 0 saturated heterocycles. The first kappa shape index (κ1) is 18.4. The van der Waals surface area contributed by atoms with E-state index in [1.807, 2.05) is 45.9 Å². The number of esters is 1. The molecular weight excluding hydrogens is 376 g/mol. The molecule has 0 saturated carbocycles. The van der Waals surface area contributed by atoms with Crippen molar-refractivity contribution >= 4 is 21.9 Å². The summed E-state index contributed by atoms with van der Waals surface area (Å²) in [5.74, 6) is 1.02. The van der Waals surface area contributed by atoms with Crippen molar-refractivity contribution in [2.45, 2.75) is 45.6 Å². The van der Waals surface area contributed by atoms with Gasteiger partial charge in [-0.2, -0.15) is 4.98 Å². The fourth-order valence-electron chi connectivity index (χ4n) is 2.07. The number of carbonyl (C=O) groups is 1. The van der Waals surface area contributed by atoms with Crippen LogP contribution in [0.3, 0.4) is 0 Å². The molecule has 0 radical (unpaired) electrons. The van der Waals surface area contributed by atoms with E-state index in [2.05, 4.69) is 26.1 Å². The van der Waals surface area contributed by atoms with Crippen molar-refractivity contribution in [3.05, 3.63) is 28.6 Å². The number of aromatic nitrogens is 2. The molecule has 1 aromatic carbocycles. The van der Waals surface area contributed by atoms with Crippen LogP contribution in [0, 0.1) is 0 Å². The zero-order chi connectivity index (χ0) is 17.9. The van der Waals surface area contributed by atoms with E-state index >= 15 is 0 Å². The van der Waals surface area contributed by atoms with Crippen molar-refractivity contribution in [3.8, 4) is 17.1 Å². The van der Waals surface area contributed by atoms with E-state index in [4.69, 9.17) is 14.0 Å². The lowest BCUT2D eigenvalue weighted by atomic mass is 10.1. The van der Waals surface area contributed by atoms with E-state index in [1.54, 1.807) is 7.11 Å². The number of carbonyl (C=O) groups excluding carboxylic acids is 1. The first-order valence-corrected chi connectivity index (χ1v) is 8.38. The van der Waals surface area contributed by atoms with Gasteiger partial charge in [0.25, 0.3) is 0 Å². The van der Waals surface area contributed by atoms with Crippen LogP contribution in [0.25, 0.3) is 11.4 Å². The van der Waals surface area contributed by atoms with E-state index in [1.165, 1.54) is 0 Å². The number of hydrogen-bond donors (Lipinski definition) is 0. The molecule has 0 aliphatic heterocycles. The van der Waals surface area contributed by atoms with Crippen molar-refractivity contribution < 1.29 is 18.8 Å². The summed E-state index contributed by atoms with van der Waals surface area (Å²) in [6, 6.07) is 5.53. The third-order valence-electron chi connectivity index (χ3n) is 3.17. The van der Waals surface area contributed by atoms with Gasteiger partial charge in [0.15, 0.2) is 0 Å². The van der Waals surface area contributed by atoms with Gasteiger partial charge in [-0.15, -0.1) is 0 Å². The summed E-state index contributed by atoms with van der Waals surface area (Å²) < 4.78 is 16.7. The summed E-state index contributed by atoms with van der Waals surface area (Å²) in [7, 11) is 1.59. The van der Waals surface area contributed by atoms with Crippen molar-refractivity contribution in [1.82, 2.24) is 10.1 Å². The molecule has 0 unspecified atom stereocenters. The molecule has 1 atom stereocenters. The fraction of sp³-hybridized carbons (Fsp3) is 0.471. The van der Waals surface area contributed by atoms with Crippen molar-refractivity contribution in [3.63, 3.8) is 0 Å². The van der Waals surface area contributed by atoms with Crippen LogP contribution < -0.4 is 4.74 Å². The zero-order valence-electron chi connectivity index (χ0n) is 14.4. The number of benzene rings is 1. The summed E-state index contributed by atoms with van der Waals surface area (Å²) >= 11 is 3.40. The standard InChI is InChI=1S/C17H21BrN2O4/c1-10(8-14(21)23-17(2,3)4)16-19-15(20-24-16)11-6-7-12(18)13(9-11)22-5/h6-7,9-10H,8H2,1-5H3/t10-/m1/s1. The Morgan fingerprint density at radius 2 is 2.08 bits per heavy atom. The van der Waals surface area contributed by atoms with Gasteiger partial charge in [-0.3, -0.25) is 4.79 Å². The molecule has 0 spiro atoms. The Labute approximate surface area is 149 Å². The summed E-state index contributed by atoms with van der Waals surface area (Å²) in [4.78, 5) is 16.3. The molecule has 130 valence electrons. The Morgan fingerprint density at radius 1 is 1.38 bits per heavy atom. The van der Waals surface area contributed by atoms with Gasteiger partial charge in [0.05, 0.1) is 18.0 Å². The van der Waals surface area contributed by atoms with Gasteiger partial charge in [0.1, 0.15) is 11.4 Å². The molecule has 1 aromatic heterocycles. The minimum absolute atomic E-state index is 0.183. The lowest BCUT2D eigenvalue weighted by Gasteiger charge is -2.20. The normalized spacial score (nSPS) is 12.8. The molecule has 24 heavy (non-hydrogen) atoms. The van der Waals surface area contributed by atoms with Crippen LogP contribution in [-0.4, -0.2) is 28.8 Å². The molecular formula is C17H21BrN2O4. The predicted molar refractivity (Wildman–Crippen MR) is 92.9 cm³/mol. The molecule has 7 heteroatoms. The van der Waals surface area contributed by atoms with Gasteiger partial charge >= 0.3 is 5.97 Å². The number of ether oxygens (including phenoxy) is 2. The minimum Gasteiger partial charge on any atom is -0.496 e. The Bertz CT molecular complexity index is 722. The molecule has 2 aromatic rings. The molecule has 6 nitrogen and oxygen atoms in total. The molecule has 0 aliphatic rings. The van der Waals surface area contributed by atoms with Crippen LogP contribution in [0.1, 0.15) is 45.9 Å². The molecule has 0 N–H and O–H groups in total. The lowest BCUT2D eigenvalue weighted by molar-refractivity contribution is -0.155. The predicted octanol–water partition coefficient (Wildman–Crippen LogP) is 4.34.